The smallest absolute Gasteiger partial charge is 0.240 e. The molecule has 2 N–H and O–H groups in total. The average Bonchev–Trinajstić information content (AvgIpc) is 2.17. The van der Waals surface area contributed by atoms with Crippen LogP contribution in [-0.2, 0) is 10.0 Å². The van der Waals surface area contributed by atoms with Gasteiger partial charge in [-0.15, -0.1) is 0 Å². The van der Waals surface area contributed by atoms with E-state index in [0.717, 1.165) is 6.42 Å². The molecule has 0 saturated heterocycles. The molecule has 0 spiro atoms. The minimum absolute atomic E-state index is 0.0537. The molecule has 0 aliphatic heterocycles. The van der Waals surface area contributed by atoms with Gasteiger partial charge in [-0.3, -0.25) is 0 Å². The van der Waals surface area contributed by atoms with Crippen LogP contribution in [0.1, 0.15) is 20.3 Å². The van der Waals surface area contributed by atoms with Crippen LogP contribution in [-0.4, -0.2) is 19.6 Å². The van der Waals surface area contributed by atoms with Crippen molar-refractivity contribution in [2.24, 2.45) is 0 Å². The lowest BCUT2D eigenvalue weighted by Gasteiger charge is -2.11. The topological polar surface area (TPSA) is 66.4 Å². The molecule has 0 radical (unpaired) electrons. The first-order valence-electron chi connectivity index (χ1n) is 4.77. The number of sulfonamides is 1. The molecule has 4 nitrogen and oxygen atoms in total. The molecule has 1 rings (SSSR count). The van der Waals surface area contributed by atoms with Crippen LogP contribution in [0.25, 0.3) is 0 Å². The van der Waals surface area contributed by atoms with E-state index in [1.54, 1.807) is 6.92 Å². The van der Waals surface area contributed by atoms with E-state index in [2.05, 4.69) is 4.72 Å². The number of phenols is 1. The van der Waals surface area contributed by atoms with Gasteiger partial charge in [-0.2, -0.15) is 0 Å². The maximum absolute atomic E-state index is 11.7. The summed E-state index contributed by atoms with van der Waals surface area (Å²) in [6, 6.07) is 5.50. The van der Waals surface area contributed by atoms with E-state index in [-0.39, 0.29) is 16.7 Å². The monoisotopic (exact) mass is 229 g/mol. The normalized spacial score (nSPS) is 13.7. The highest BCUT2D eigenvalue weighted by molar-refractivity contribution is 7.89. The van der Waals surface area contributed by atoms with Crippen LogP contribution in [0.4, 0.5) is 0 Å². The van der Waals surface area contributed by atoms with Gasteiger partial charge in [0, 0.05) is 6.04 Å². The van der Waals surface area contributed by atoms with Crippen LogP contribution in [0, 0.1) is 0 Å². The molecule has 0 bridgehead atoms. The molecule has 0 heterocycles. The van der Waals surface area contributed by atoms with E-state index < -0.39 is 10.0 Å². The molecule has 0 aliphatic rings. The average molecular weight is 229 g/mol. The first-order chi connectivity index (χ1) is 6.95. The SMILES string of the molecule is CCC(C)NS(=O)(=O)c1cccc(O)c1. The third-order valence-electron chi connectivity index (χ3n) is 2.10. The summed E-state index contributed by atoms with van der Waals surface area (Å²) in [4.78, 5) is 0.0859. The fraction of sp³-hybridized carbons (Fsp3) is 0.400. The summed E-state index contributed by atoms with van der Waals surface area (Å²) in [5.74, 6) is -0.0537. The first kappa shape index (κ1) is 12.0. The van der Waals surface area contributed by atoms with Gasteiger partial charge in [-0.25, -0.2) is 13.1 Å². The minimum Gasteiger partial charge on any atom is -0.508 e. The van der Waals surface area contributed by atoms with Crippen LogP contribution in [0.15, 0.2) is 29.2 Å². The Kier molecular flexibility index (Phi) is 3.71. The van der Waals surface area contributed by atoms with Gasteiger partial charge in [-0.05, 0) is 31.5 Å². The summed E-state index contributed by atoms with van der Waals surface area (Å²) in [5, 5.41) is 9.18. The summed E-state index contributed by atoms with van der Waals surface area (Å²) >= 11 is 0. The summed E-state index contributed by atoms with van der Waals surface area (Å²) in [6.07, 6.45) is 0.720. The molecule has 1 unspecified atom stereocenters. The van der Waals surface area contributed by atoms with Crippen LogP contribution < -0.4 is 4.72 Å². The highest BCUT2D eigenvalue weighted by atomic mass is 32.2. The Morgan fingerprint density at radius 2 is 2.13 bits per heavy atom. The Labute approximate surface area is 90.0 Å². The zero-order chi connectivity index (χ0) is 11.5. The number of benzene rings is 1. The highest BCUT2D eigenvalue weighted by Crippen LogP contribution is 2.16. The molecule has 15 heavy (non-hydrogen) atoms. The third-order valence-corrected chi connectivity index (χ3v) is 3.68. The molecule has 5 heteroatoms. The second-order valence-corrected chi connectivity index (χ2v) is 5.14. The largest absolute Gasteiger partial charge is 0.508 e. The summed E-state index contributed by atoms with van der Waals surface area (Å²) < 4.78 is 26.0. The molecule has 0 saturated carbocycles. The molecule has 0 aliphatic carbocycles. The highest BCUT2D eigenvalue weighted by Gasteiger charge is 2.16. The molecule has 0 fully saturated rings. The van der Waals surface area contributed by atoms with E-state index in [1.165, 1.54) is 24.3 Å². The van der Waals surface area contributed by atoms with Crippen molar-refractivity contribution in [3.05, 3.63) is 24.3 Å². The van der Waals surface area contributed by atoms with E-state index >= 15 is 0 Å². The van der Waals surface area contributed by atoms with Gasteiger partial charge in [0.05, 0.1) is 4.90 Å². The van der Waals surface area contributed by atoms with Crippen molar-refractivity contribution >= 4 is 10.0 Å². The molecule has 0 amide bonds. The van der Waals surface area contributed by atoms with E-state index in [1.807, 2.05) is 6.92 Å². The Bertz CT molecular complexity index is 428. The number of nitrogens with one attached hydrogen (secondary N) is 1. The first-order valence-corrected chi connectivity index (χ1v) is 6.25. The zero-order valence-electron chi connectivity index (χ0n) is 8.77. The predicted molar refractivity (Wildman–Crippen MR) is 58.2 cm³/mol. The van der Waals surface area contributed by atoms with Crippen molar-refractivity contribution in [2.45, 2.75) is 31.2 Å². The van der Waals surface area contributed by atoms with Crippen LogP contribution in [0.3, 0.4) is 0 Å². The van der Waals surface area contributed by atoms with Crippen molar-refractivity contribution in [1.29, 1.82) is 0 Å². The Morgan fingerprint density at radius 3 is 2.67 bits per heavy atom. The standard InChI is InChI=1S/C10H15NO3S/c1-3-8(2)11-15(13,14)10-6-4-5-9(12)7-10/h4-8,11-12H,3H2,1-2H3. The quantitative estimate of drug-likeness (QED) is 0.821. The molecule has 1 aromatic carbocycles. The fourth-order valence-electron chi connectivity index (χ4n) is 1.07. The number of phenolic OH excluding ortho intramolecular Hbond substituents is 1. The van der Waals surface area contributed by atoms with E-state index in [0.29, 0.717) is 0 Å². The van der Waals surface area contributed by atoms with Gasteiger partial charge in [0.15, 0.2) is 0 Å². The van der Waals surface area contributed by atoms with Gasteiger partial charge in [0.2, 0.25) is 10.0 Å². The third kappa shape index (κ3) is 3.21. The van der Waals surface area contributed by atoms with Crippen molar-refractivity contribution in [3.63, 3.8) is 0 Å². The number of hydrogen-bond donors (Lipinski definition) is 2. The van der Waals surface area contributed by atoms with Crippen LogP contribution in [0.2, 0.25) is 0 Å². The predicted octanol–water partition coefficient (Wildman–Crippen LogP) is 1.47. The second-order valence-electron chi connectivity index (χ2n) is 3.43. The summed E-state index contributed by atoms with van der Waals surface area (Å²) in [5.41, 5.74) is 0. The minimum atomic E-state index is -3.50. The molecular formula is C10H15NO3S. The number of hydrogen-bond acceptors (Lipinski definition) is 3. The Balaban J connectivity index is 2.96. The molecule has 0 aromatic heterocycles. The van der Waals surface area contributed by atoms with Crippen LogP contribution in [0.5, 0.6) is 5.75 Å². The van der Waals surface area contributed by atoms with E-state index in [9.17, 15) is 13.5 Å². The van der Waals surface area contributed by atoms with E-state index in [4.69, 9.17) is 0 Å². The summed E-state index contributed by atoms with van der Waals surface area (Å²) in [7, 11) is -3.50. The zero-order valence-corrected chi connectivity index (χ0v) is 9.58. The molecule has 1 atom stereocenters. The lowest BCUT2D eigenvalue weighted by atomic mass is 10.3. The van der Waals surface area contributed by atoms with Crippen molar-refractivity contribution in [3.8, 4) is 5.75 Å². The Hall–Kier alpha value is -1.07. The maximum Gasteiger partial charge on any atom is 0.240 e. The van der Waals surface area contributed by atoms with Crippen molar-refractivity contribution in [1.82, 2.24) is 4.72 Å². The van der Waals surface area contributed by atoms with Gasteiger partial charge < -0.3 is 5.11 Å². The van der Waals surface area contributed by atoms with Crippen LogP contribution >= 0.6 is 0 Å². The number of aromatic hydroxyl groups is 1. The van der Waals surface area contributed by atoms with Gasteiger partial charge in [-0.1, -0.05) is 13.0 Å². The maximum atomic E-state index is 11.7. The lowest BCUT2D eigenvalue weighted by molar-refractivity contribution is 0.472. The van der Waals surface area contributed by atoms with Crippen molar-refractivity contribution in [2.75, 3.05) is 0 Å². The molecule has 1 aromatic rings. The number of rotatable bonds is 4. The molecular weight excluding hydrogens is 214 g/mol. The van der Waals surface area contributed by atoms with Crippen molar-refractivity contribution < 1.29 is 13.5 Å². The summed E-state index contributed by atoms with van der Waals surface area (Å²) in [6.45, 7) is 3.69. The lowest BCUT2D eigenvalue weighted by Crippen LogP contribution is -2.31. The second kappa shape index (κ2) is 4.63. The molecule has 84 valence electrons. The van der Waals surface area contributed by atoms with Gasteiger partial charge in [0.1, 0.15) is 5.75 Å². The fourth-order valence-corrected chi connectivity index (χ4v) is 2.43. The van der Waals surface area contributed by atoms with Gasteiger partial charge >= 0.3 is 0 Å². The Morgan fingerprint density at radius 1 is 1.47 bits per heavy atom. The van der Waals surface area contributed by atoms with Gasteiger partial charge in [0.25, 0.3) is 0 Å².